The van der Waals surface area contributed by atoms with Gasteiger partial charge in [0.25, 0.3) is 0 Å². The van der Waals surface area contributed by atoms with E-state index in [9.17, 15) is 4.39 Å². The lowest BCUT2D eigenvalue weighted by Gasteiger charge is -2.10. The average Bonchev–Trinajstić information content (AvgIpc) is 2.27. The van der Waals surface area contributed by atoms with Crippen LogP contribution >= 0.6 is 12.2 Å². The van der Waals surface area contributed by atoms with Gasteiger partial charge in [0.1, 0.15) is 16.5 Å². The van der Waals surface area contributed by atoms with Gasteiger partial charge >= 0.3 is 0 Å². The number of aromatic nitrogens is 1. The van der Waals surface area contributed by atoms with Crippen LogP contribution < -0.4 is 11.1 Å². The lowest BCUT2D eigenvalue weighted by molar-refractivity contribution is 0.627. The molecular formula is C13H12FN3S. The van der Waals surface area contributed by atoms with E-state index in [1.165, 1.54) is 12.1 Å². The third-order valence-electron chi connectivity index (χ3n) is 2.36. The molecule has 92 valence electrons. The standard InChI is InChI=1S/C13H12FN3S/c1-8-5-9(14)7-10(6-8)17-11-3-2-4-16-12(11)13(15)18/h2-7,17H,1H3,(H2,15,18). The second kappa shape index (κ2) is 5.10. The summed E-state index contributed by atoms with van der Waals surface area (Å²) in [6.45, 7) is 1.83. The summed E-state index contributed by atoms with van der Waals surface area (Å²) in [6.07, 6.45) is 1.61. The highest BCUT2D eigenvalue weighted by Crippen LogP contribution is 2.21. The Morgan fingerprint density at radius 2 is 2.17 bits per heavy atom. The maximum atomic E-state index is 13.3. The van der Waals surface area contributed by atoms with E-state index in [1.54, 1.807) is 18.3 Å². The first-order valence-corrected chi connectivity index (χ1v) is 5.76. The number of hydrogen-bond acceptors (Lipinski definition) is 3. The van der Waals surface area contributed by atoms with Gasteiger partial charge in [0.2, 0.25) is 0 Å². The summed E-state index contributed by atoms with van der Waals surface area (Å²) in [6, 6.07) is 8.25. The molecule has 0 aliphatic rings. The fourth-order valence-corrected chi connectivity index (χ4v) is 1.83. The number of rotatable bonds is 3. The molecule has 0 saturated heterocycles. The first-order valence-electron chi connectivity index (χ1n) is 5.35. The first kappa shape index (κ1) is 12.4. The molecule has 0 unspecified atom stereocenters. The summed E-state index contributed by atoms with van der Waals surface area (Å²) >= 11 is 4.92. The Morgan fingerprint density at radius 1 is 1.39 bits per heavy atom. The third kappa shape index (κ3) is 2.81. The van der Waals surface area contributed by atoms with Crippen LogP contribution in [0.2, 0.25) is 0 Å². The first-order chi connectivity index (χ1) is 8.56. The van der Waals surface area contributed by atoms with E-state index in [1.807, 2.05) is 13.0 Å². The minimum absolute atomic E-state index is 0.200. The summed E-state index contributed by atoms with van der Waals surface area (Å²) in [5, 5.41) is 3.07. The largest absolute Gasteiger partial charge is 0.388 e. The molecule has 2 aromatic rings. The smallest absolute Gasteiger partial charge is 0.125 e. The molecule has 3 N–H and O–H groups in total. The molecule has 0 bridgehead atoms. The molecule has 0 saturated carbocycles. The lowest BCUT2D eigenvalue weighted by Crippen LogP contribution is -2.13. The predicted octanol–water partition coefficient (Wildman–Crippen LogP) is 2.91. The van der Waals surface area contributed by atoms with Gasteiger partial charge in [-0.1, -0.05) is 12.2 Å². The van der Waals surface area contributed by atoms with Gasteiger partial charge in [0.15, 0.2) is 0 Å². The molecule has 0 amide bonds. The number of halogens is 1. The Labute approximate surface area is 110 Å². The molecule has 0 fully saturated rings. The number of hydrogen-bond donors (Lipinski definition) is 2. The van der Waals surface area contributed by atoms with Crippen LogP contribution in [0.4, 0.5) is 15.8 Å². The third-order valence-corrected chi connectivity index (χ3v) is 2.56. The van der Waals surface area contributed by atoms with Crippen LogP contribution in [0.15, 0.2) is 36.5 Å². The van der Waals surface area contributed by atoms with Gasteiger partial charge in [-0.15, -0.1) is 0 Å². The van der Waals surface area contributed by atoms with E-state index in [4.69, 9.17) is 18.0 Å². The van der Waals surface area contributed by atoms with Crippen LogP contribution in [0.5, 0.6) is 0 Å². The number of nitrogens with one attached hydrogen (secondary N) is 1. The fourth-order valence-electron chi connectivity index (χ4n) is 1.67. The van der Waals surface area contributed by atoms with Crippen molar-refractivity contribution in [1.29, 1.82) is 0 Å². The molecule has 18 heavy (non-hydrogen) atoms. The maximum Gasteiger partial charge on any atom is 0.125 e. The number of aryl methyl sites for hydroxylation is 1. The quantitative estimate of drug-likeness (QED) is 0.834. The number of benzene rings is 1. The molecule has 5 heteroatoms. The molecule has 0 radical (unpaired) electrons. The summed E-state index contributed by atoms with van der Waals surface area (Å²) in [5.74, 6) is -0.293. The van der Waals surface area contributed by atoms with Crippen molar-refractivity contribution in [2.24, 2.45) is 5.73 Å². The lowest BCUT2D eigenvalue weighted by atomic mass is 10.2. The van der Waals surface area contributed by atoms with Gasteiger partial charge in [-0.05, 0) is 42.8 Å². The Morgan fingerprint density at radius 3 is 2.83 bits per heavy atom. The van der Waals surface area contributed by atoms with Crippen molar-refractivity contribution in [2.75, 3.05) is 5.32 Å². The number of anilines is 2. The molecule has 1 aromatic heterocycles. The molecule has 0 aliphatic heterocycles. The van der Waals surface area contributed by atoms with Crippen molar-refractivity contribution in [3.05, 3.63) is 53.6 Å². The van der Waals surface area contributed by atoms with E-state index >= 15 is 0 Å². The van der Waals surface area contributed by atoms with E-state index in [2.05, 4.69) is 10.3 Å². The Balaban J connectivity index is 2.37. The van der Waals surface area contributed by atoms with Gasteiger partial charge in [-0.25, -0.2) is 4.39 Å². The Bertz CT molecular complexity index is 578. The van der Waals surface area contributed by atoms with E-state index in [0.29, 0.717) is 17.1 Å². The fraction of sp³-hybridized carbons (Fsp3) is 0.0769. The average molecular weight is 261 g/mol. The highest BCUT2D eigenvalue weighted by atomic mass is 32.1. The Kier molecular flexibility index (Phi) is 3.53. The molecule has 0 aliphatic carbocycles. The maximum absolute atomic E-state index is 13.3. The van der Waals surface area contributed by atoms with Crippen LogP contribution in [0.3, 0.4) is 0 Å². The van der Waals surface area contributed by atoms with Crippen molar-refractivity contribution < 1.29 is 4.39 Å². The van der Waals surface area contributed by atoms with Crippen LogP contribution in [-0.4, -0.2) is 9.97 Å². The monoisotopic (exact) mass is 261 g/mol. The minimum Gasteiger partial charge on any atom is -0.388 e. The van der Waals surface area contributed by atoms with Gasteiger partial charge in [-0.2, -0.15) is 0 Å². The summed E-state index contributed by atoms with van der Waals surface area (Å²) in [4.78, 5) is 4.30. The second-order valence-electron chi connectivity index (χ2n) is 3.91. The number of nitrogens with zero attached hydrogens (tertiary/aromatic N) is 1. The van der Waals surface area contributed by atoms with Gasteiger partial charge in [0.05, 0.1) is 5.69 Å². The molecule has 1 aromatic carbocycles. The van der Waals surface area contributed by atoms with Crippen LogP contribution in [0, 0.1) is 12.7 Å². The predicted molar refractivity (Wildman–Crippen MR) is 74.5 cm³/mol. The molecular weight excluding hydrogens is 249 g/mol. The normalized spacial score (nSPS) is 10.1. The zero-order valence-electron chi connectivity index (χ0n) is 9.77. The topological polar surface area (TPSA) is 50.9 Å². The molecule has 0 spiro atoms. The summed E-state index contributed by atoms with van der Waals surface area (Å²) in [5.41, 5.74) is 8.21. The van der Waals surface area contributed by atoms with Crippen molar-refractivity contribution in [3.63, 3.8) is 0 Å². The Hall–Kier alpha value is -2.01. The van der Waals surface area contributed by atoms with E-state index < -0.39 is 0 Å². The zero-order chi connectivity index (χ0) is 13.1. The highest BCUT2D eigenvalue weighted by molar-refractivity contribution is 7.80. The number of pyridine rings is 1. The van der Waals surface area contributed by atoms with Crippen LogP contribution in [0.1, 0.15) is 11.3 Å². The number of nitrogens with two attached hydrogens (primary N) is 1. The minimum atomic E-state index is -0.293. The summed E-state index contributed by atoms with van der Waals surface area (Å²) < 4.78 is 13.3. The van der Waals surface area contributed by atoms with Gasteiger partial charge in [-0.3, -0.25) is 4.98 Å². The van der Waals surface area contributed by atoms with Crippen LogP contribution in [-0.2, 0) is 0 Å². The van der Waals surface area contributed by atoms with Gasteiger partial charge in [0, 0.05) is 11.9 Å². The van der Waals surface area contributed by atoms with Gasteiger partial charge < -0.3 is 11.1 Å². The highest BCUT2D eigenvalue weighted by Gasteiger charge is 2.07. The van der Waals surface area contributed by atoms with Crippen molar-refractivity contribution >= 4 is 28.6 Å². The van der Waals surface area contributed by atoms with Crippen molar-refractivity contribution in [1.82, 2.24) is 4.98 Å². The van der Waals surface area contributed by atoms with E-state index in [-0.39, 0.29) is 10.8 Å². The summed E-state index contributed by atoms with van der Waals surface area (Å²) in [7, 11) is 0. The molecule has 2 rings (SSSR count). The number of thiocarbonyl (C=S) groups is 1. The zero-order valence-corrected chi connectivity index (χ0v) is 10.6. The van der Waals surface area contributed by atoms with Crippen LogP contribution in [0.25, 0.3) is 0 Å². The SMILES string of the molecule is Cc1cc(F)cc(Nc2cccnc2C(N)=S)c1. The van der Waals surface area contributed by atoms with Crippen molar-refractivity contribution in [2.45, 2.75) is 6.92 Å². The van der Waals surface area contributed by atoms with E-state index in [0.717, 1.165) is 5.56 Å². The van der Waals surface area contributed by atoms with Crippen molar-refractivity contribution in [3.8, 4) is 0 Å². The molecule has 0 atom stereocenters. The molecule has 3 nitrogen and oxygen atoms in total. The molecule has 1 heterocycles. The second-order valence-corrected chi connectivity index (χ2v) is 4.35.